The summed E-state index contributed by atoms with van der Waals surface area (Å²) in [5.41, 5.74) is 12.9. The van der Waals surface area contributed by atoms with Crippen molar-refractivity contribution in [3.63, 3.8) is 0 Å². The van der Waals surface area contributed by atoms with Crippen molar-refractivity contribution >= 4 is 38.7 Å². The van der Waals surface area contributed by atoms with Crippen LogP contribution in [0, 0.1) is 0 Å². The lowest BCUT2D eigenvalue weighted by atomic mass is 10.3. The molecule has 90 valence electrons. The predicted molar refractivity (Wildman–Crippen MR) is 73.2 cm³/mol. The standard InChI is InChI=1S/C11H9BrN6/c12-6-1-3-7(4-2-6)18-10-8(5-15-18)9(13)16-11(14)17-10/h1-5H,(H4,13,14,16,17). The minimum atomic E-state index is 0.138. The van der Waals surface area contributed by atoms with Gasteiger partial charge in [-0.1, -0.05) is 15.9 Å². The third kappa shape index (κ3) is 1.68. The third-order valence-electron chi connectivity index (χ3n) is 2.55. The molecule has 0 amide bonds. The lowest BCUT2D eigenvalue weighted by Crippen LogP contribution is -2.03. The van der Waals surface area contributed by atoms with Crippen LogP contribution in [0.25, 0.3) is 16.7 Å². The largest absolute Gasteiger partial charge is 0.383 e. The number of halogens is 1. The summed E-state index contributed by atoms with van der Waals surface area (Å²) in [4.78, 5) is 8.08. The molecule has 0 fully saturated rings. The summed E-state index contributed by atoms with van der Waals surface area (Å²) >= 11 is 3.39. The maximum Gasteiger partial charge on any atom is 0.224 e. The first-order valence-corrected chi connectivity index (χ1v) is 5.97. The van der Waals surface area contributed by atoms with E-state index in [1.165, 1.54) is 0 Å². The van der Waals surface area contributed by atoms with Gasteiger partial charge in [0, 0.05) is 4.47 Å². The van der Waals surface area contributed by atoms with Gasteiger partial charge in [0.15, 0.2) is 5.65 Å². The van der Waals surface area contributed by atoms with Gasteiger partial charge < -0.3 is 11.5 Å². The molecule has 0 aliphatic rings. The topological polar surface area (TPSA) is 95.6 Å². The van der Waals surface area contributed by atoms with Crippen LogP contribution in [-0.2, 0) is 0 Å². The third-order valence-corrected chi connectivity index (χ3v) is 3.08. The van der Waals surface area contributed by atoms with E-state index >= 15 is 0 Å². The fourth-order valence-electron chi connectivity index (χ4n) is 1.72. The Kier molecular flexibility index (Phi) is 2.41. The average Bonchev–Trinajstić information content (AvgIpc) is 2.74. The molecular formula is C11H9BrN6. The molecule has 2 aromatic heterocycles. The van der Waals surface area contributed by atoms with E-state index in [0.29, 0.717) is 16.9 Å². The Morgan fingerprint density at radius 2 is 1.78 bits per heavy atom. The van der Waals surface area contributed by atoms with Crippen molar-refractivity contribution in [2.45, 2.75) is 0 Å². The predicted octanol–water partition coefficient (Wildman–Crippen LogP) is 1.74. The van der Waals surface area contributed by atoms with Gasteiger partial charge in [-0.25, -0.2) is 4.68 Å². The first kappa shape index (κ1) is 11.0. The summed E-state index contributed by atoms with van der Waals surface area (Å²) in [6.07, 6.45) is 1.63. The van der Waals surface area contributed by atoms with Crippen molar-refractivity contribution in [1.29, 1.82) is 0 Å². The molecule has 0 spiro atoms. The SMILES string of the molecule is Nc1nc(N)c2cnn(-c3ccc(Br)cc3)c2n1. The van der Waals surface area contributed by atoms with Crippen molar-refractivity contribution in [3.05, 3.63) is 34.9 Å². The number of nitrogens with zero attached hydrogens (tertiary/aromatic N) is 4. The minimum Gasteiger partial charge on any atom is -0.383 e. The second-order valence-corrected chi connectivity index (χ2v) is 4.65. The normalized spacial score (nSPS) is 10.9. The van der Waals surface area contributed by atoms with Gasteiger partial charge >= 0.3 is 0 Å². The summed E-state index contributed by atoms with van der Waals surface area (Å²) in [7, 11) is 0. The Labute approximate surface area is 111 Å². The first-order valence-electron chi connectivity index (χ1n) is 5.18. The van der Waals surface area contributed by atoms with E-state index < -0.39 is 0 Å². The van der Waals surface area contributed by atoms with Crippen molar-refractivity contribution in [2.75, 3.05) is 11.5 Å². The van der Waals surface area contributed by atoms with Crippen molar-refractivity contribution in [3.8, 4) is 5.69 Å². The maximum absolute atomic E-state index is 5.78. The number of anilines is 2. The Balaban J connectivity index is 2.27. The molecule has 3 rings (SSSR count). The average molecular weight is 305 g/mol. The van der Waals surface area contributed by atoms with Crippen LogP contribution in [0.5, 0.6) is 0 Å². The Morgan fingerprint density at radius 3 is 2.50 bits per heavy atom. The van der Waals surface area contributed by atoms with E-state index in [2.05, 4.69) is 31.0 Å². The number of nitrogens with two attached hydrogens (primary N) is 2. The molecule has 0 saturated carbocycles. The fourth-order valence-corrected chi connectivity index (χ4v) is 1.98. The van der Waals surface area contributed by atoms with Crippen molar-refractivity contribution in [1.82, 2.24) is 19.7 Å². The van der Waals surface area contributed by atoms with Crippen LogP contribution < -0.4 is 11.5 Å². The molecule has 0 radical (unpaired) electrons. The lowest BCUT2D eigenvalue weighted by Gasteiger charge is -2.03. The molecule has 0 aliphatic heterocycles. The molecule has 18 heavy (non-hydrogen) atoms. The van der Waals surface area contributed by atoms with Gasteiger partial charge in [0.05, 0.1) is 17.3 Å². The van der Waals surface area contributed by atoms with Crippen LogP contribution in [0.1, 0.15) is 0 Å². The van der Waals surface area contributed by atoms with Gasteiger partial charge in [-0.05, 0) is 24.3 Å². The van der Waals surface area contributed by atoms with Crippen molar-refractivity contribution in [2.24, 2.45) is 0 Å². The highest BCUT2D eigenvalue weighted by molar-refractivity contribution is 9.10. The molecule has 2 heterocycles. The van der Waals surface area contributed by atoms with Crippen LogP contribution >= 0.6 is 15.9 Å². The van der Waals surface area contributed by atoms with Gasteiger partial charge in [-0.2, -0.15) is 15.1 Å². The molecule has 0 bridgehead atoms. The van der Waals surface area contributed by atoms with Crippen LogP contribution in [-0.4, -0.2) is 19.7 Å². The van der Waals surface area contributed by atoms with Gasteiger partial charge in [-0.3, -0.25) is 0 Å². The monoisotopic (exact) mass is 304 g/mol. The number of fused-ring (bicyclic) bond motifs is 1. The molecular weight excluding hydrogens is 296 g/mol. The number of benzene rings is 1. The molecule has 0 aliphatic carbocycles. The second kappa shape index (κ2) is 3.95. The first-order chi connectivity index (χ1) is 8.65. The van der Waals surface area contributed by atoms with E-state index in [1.54, 1.807) is 10.9 Å². The molecule has 4 N–H and O–H groups in total. The van der Waals surface area contributed by atoms with Gasteiger partial charge in [0.2, 0.25) is 5.95 Å². The molecule has 3 aromatic rings. The van der Waals surface area contributed by atoms with E-state index in [4.69, 9.17) is 11.5 Å². The zero-order valence-electron chi connectivity index (χ0n) is 9.21. The van der Waals surface area contributed by atoms with E-state index in [0.717, 1.165) is 10.2 Å². The quantitative estimate of drug-likeness (QED) is 0.714. The van der Waals surface area contributed by atoms with E-state index in [9.17, 15) is 0 Å². The summed E-state index contributed by atoms with van der Waals surface area (Å²) < 4.78 is 2.67. The molecule has 0 atom stereocenters. The Hall–Kier alpha value is -2.15. The van der Waals surface area contributed by atoms with Gasteiger partial charge in [0.1, 0.15) is 5.82 Å². The number of nitrogen functional groups attached to an aromatic ring is 2. The summed E-state index contributed by atoms with van der Waals surface area (Å²) in [6, 6.07) is 7.70. The number of hydrogen-bond acceptors (Lipinski definition) is 5. The highest BCUT2D eigenvalue weighted by atomic mass is 79.9. The van der Waals surface area contributed by atoms with Gasteiger partial charge in [-0.15, -0.1) is 0 Å². The van der Waals surface area contributed by atoms with E-state index in [1.807, 2.05) is 24.3 Å². The zero-order valence-corrected chi connectivity index (χ0v) is 10.8. The summed E-state index contributed by atoms with van der Waals surface area (Å²) in [5, 5.41) is 4.95. The number of hydrogen-bond donors (Lipinski definition) is 2. The molecule has 7 heteroatoms. The Bertz CT molecular complexity index is 718. The van der Waals surface area contributed by atoms with Crippen LogP contribution in [0.2, 0.25) is 0 Å². The van der Waals surface area contributed by atoms with Crippen LogP contribution in [0.15, 0.2) is 34.9 Å². The maximum atomic E-state index is 5.78. The molecule has 6 nitrogen and oxygen atoms in total. The minimum absolute atomic E-state index is 0.138. The van der Waals surface area contributed by atoms with Crippen LogP contribution in [0.3, 0.4) is 0 Å². The number of aromatic nitrogens is 4. The van der Waals surface area contributed by atoms with Crippen molar-refractivity contribution < 1.29 is 0 Å². The number of rotatable bonds is 1. The summed E-state index contributed by atoms with van der Waals surface area (Å²) in [5.74, 6) is 0.472. The molecule has 0 saturated heterocycles. The zero-order chi connectivity index (χ0) is 12.7. The highest BCUT2D eigenvalue weighted by Crippen LogP contribution is 2.22. The smallest absolute Gasteiger partial charge is 0.224 e. The van der Waals surface area contributed by atoms with Gasteiger partial charge in [0.25, 0.3) is 0 Å². The summed E-state index contributed by atoms with van der Waals surface area (Å²) in [6.45, 7) is 0. The molecule has 0 unspecified atom stereocenters. The van der Waals surface area contributed by atoms with E-state index in [-0.39, 0.29) is 5.95 Å². The second-order valence-electron chi connectivity index (χ2n) is 3.74. The lowest BCUT2D eigenvalue weighted by molar-refractivity contribution is 0.896. The Morgan fingerprint density at radius 1 is 1.06 bits per heavy atom. The fraction of sp³-hybridized carbons (Fsp3) is 0. The molecule has 1 aromatic carbocycles. The highest BCUT2D eigenvalue weighted by Gasteiger charge is 2.10. The van der Waals surface area contributed by atoms with Crippen LogP contribution in [0.4, 0.5) is 11.8 Å².